The smallest absolute Gasteiger partial charge is 0.253 e. The maximum atomic E-state index is 12.6. The SMILES string of the molecule is Cc1ccccc1-n1c(C)cc(C(=O)NCCCN2CCOCC2)c1C. The molecule has 3 rings (SSSR count). The lowest BCUT2D eigenvalue weighted by Gasteiger charge is -2.26. The third-order valence-electron chi connectivity index (χ3n) is 5.07. The summed E-state index contributed by atoms with van der Waals surface area (Å²) in [6, 6.07) is 10.2. The minimum absolute atomic E-state index is 0.0138. The normalized spacial score (nSPS) is 15.2. The molecule has 0 spiro atoms. The second kappa shape index (κ2) is 8.52. The van der Waals surface area contributed by atoms with E-state index in [0.29, 0.717) is 6.54 Å². The van der Waals surface area contributed by atoms with E-state index in [1.165, 1.54) is 5.56 Å². The number of hydrogen-bond acceptors (Lipinski definition) is 3. The van der Waals surface area contributed by atoms with Crippen molar-refractivity contribution in [2.45, 2.75) is 27.2 Å². The lowest BCUT2D eigenvalue weighted by atomic mass is 10.2. The number of aromatic nitrogens is 1. The molecule has 0 unspecified atom stereocenters. The van der Waals surface area contributed by atoms with Gasteiger partial charge in [0.15, 0.2) is 0 Å². The topological polar surface area (TPSA) is 46.5 Å². The molecule has 1 aromatic heterocycles. The molecule has 5 heteroatoms. The average molecular weight is 355 g/mol. The van der Waals surface area contributed by atoms with Gasteiger partial charge in [-0.1, -0.05) is 18.2 Å². The molecule has 2 heterocycles. The third kappa shape index (κ3) is 4.17. The van der Waals surface area contributed by atoms with Gasteiger partial charge in [0, 0.05) is 36.7 Å². The summed E-state index contributed by atoms with van der Waals surface area (Å²) in [5.41, 5.74) is 5.16. The molecule has 0 atom stereocenters. The molecule has 1 fully saturated rings. The Balaban J connectivity index is 1.61. The monoisotopic (exact) mass is 355 g/mol. The Morgan fingerprint density at radius 3 is 2.62 bits per heavy atom. The van der Waals surface area contributed by atoms with E-state index >= 15 is 0 Å². The second-order valence-corrected chi connectivity index (χ2v) is 6.97. The van der Waals surface area contributed by atoms with Gasteiger partial charge in [-0.05, 0) is 51.4 Å². The first kappa shape index (κ1) is 18.7. The number of aryl methyl sites for hydroxylation is 2. The molecule has 1 aliphatic heterocycles. The molecule has 140 valence electrons. The van der Waals surface area contributed by atoms with Crippen molar-refractivity contribution in [3.8, 4) is 5.69 Å². The van der Waals surface area contributed by atoms with Crippen molar-refractivity contribution in [2.75, 3.05) is 39.4 Å². The van der Waals surface area contributed by atoms with E-state index in [4.69, 9.17) is 4.74 Å². The fraction of sp³-hybridized carbons (Fsp3) is 0.476. The van der Waals surface area contributed by atoms with Crippen LogP contribution in [0.15, 0.2) is 30.3 Å². The third-order valence-corrected chi connectivity index (χ3v) is 5.07. The van der Waals surface area contributed by atoms with Crippen LogP contribution >= 0.6 is 0 Å². The number of ether oxygens (including phenoxy) is 1. The van der Waals surface area contributed by atoms with Crippen molar-refractivity contribution >= 4 is 5.91 Å². The van der Waals surface area contributed by atoms with E-state index in [9.17, 15) is 4.79 Å². The molecule has 0 aliphatic carbocycles. The number of carbonyl (C=O) groups is 1. The molecule has 0 radical (unpaired) electrons. The highest BCUT2D eigenvalue weighted by Gasteiger charge is 2.17. The van der Waals surface area contributed by atoms with Crippen molar-refractivity contribution in [2.24, 2.45) is 0 Å². The predicted octanol–water partition coefficient (Wildman–Crippen LogP) is 2.85. The standard InChI is InChI=1S/C21H29N3O2/c1-16-7-4-5-8-20(16)24-17(2)15-19(18(24)3)21(25)22-9-6-10-23-11-13-26-14-12-23/h4-5,7-8,15H,6,9-14H2,1-3H3,(H,22,25). The maximum absolute atomic E-state index is 12.6. The number of para-hydroxylation sites is 1. The van der Waals surface area contributed by atoms with E-state index in [1.54, 1.807) is 0 Å². The summed E-state index contributed by atoms with van der Waals surface area (Å²) in [6.45, 7) is 11.5. The molecule has 5 nitrogen and oxygen atoms in total. The Labute approximate surface area is 156 Å². The highest BCUT2D eigenvalue weighted by atomic mass is 16.5. The molecule has 1 aromatic carbocycles. The van der Waals surface area contributed by atoms with Gasteiger partial charge in [-0.3, -0.25) is 9.69 Å². The van der Waals surface area contributed by atoms with Crippen LogP contribution in [0.3, 0.4) is 0 Å². The number of benzene rings is 1. The van der Waals surface area contributed by atoms with Crippen molar-refractivity contribution in [3.05, 3.63) is 52.8 Å². The highest BCUT2D eigenvalue weighted by molar-refractivity contribution is 5.95. The number of morpholine rings is 1. The quantitative estimate of drug-likeness (QED) is 0.811. The fourth-order valence-corrected chi connectivity index (χ4v) is 3.60. The molecule has 26 heavy (non-hydrogen) atoms. The number of nitrogens with one attached hydrogen (secondary N) is 1. The molecule has 2 aromatic rings. The van der Waals surface area contributed by atoms with Gasteiger partial charge in [-0.25, -0.2) is 0 Å². The molecule has 0 saturated carbocycles. The lowest BCUT2D eigenvalue weighted by Crippen LogP contribution is -2.38. The number of carbonyl (C=O) groups excluding carboxylic acids is 1. The zero-order valence-electron chi connectivity index (χ0n) is 16.0. The van der Waals surface area contributed by atoms with Crippen LogP contribution in [0.1, 0.15) is 33.7 Å². The van der Waals surface area contributed by atoms with Crippen LogP contribution < -0.4 is 5.32 Å². The van der Waals surface area contributed by atoms with Crippen LogP contribution in [0, 0.1) is 20.8 Å². The van der Waals surface area contributed by atoms with Crippen LogP contribution in [0.25, 0.3) is 5.69 Å². The molecule has 1 amide bonds. The van der Waals surface area contributed by atoms with Gasteiger partial charge in [0.1, 0.15) is 0 Å². The van der Waals surface area contributed by atoms with Crippen molar-refractivity contribution in [1.29, 1.82) is 0 Å². The summed E-state index contributed by atoms with van der Waals surface area (Å²) in [7, 11) is 0. The molecular weight excluding hydrogens is 326 g/mol. The van der Waals surface area contributed by atoms with Gasteiger partial charge in [0.25, 0.3) is 5.91 Å². The van der Waals surface area contributed by atoms with E-state index in [1.807, 2.05) is 25.1 Å². The first-order chi connectivity index (χ1) is 12.6. The summed E-state index contributed by atoms with van der Waals surface area (Å²) >= 11 is 0. The zero-order valence-corrected chi connectivity index (χ0v) is 16.0. The molecule has 1 N–H and O–H groups in total. The van der Waals surface area contributed by atoms with E-state index in [0.717, 1.165) is 61.9 Å². The van der Waals surface area contributed by atoms with E-state index in [-0.39, 0.29) is 5.91 Å². The van der Waals surface area contributed by atoms with E-state index < -0.39 is 0 Å². The minimum atomic E-state index is 0.0138. The zero-order chi connectivity index (χ0) is 18.5. The Hall–Kier alpha value is -2.11. The minimum Gasteiger partial charge on any atom is -0.379 e. The summed E-state index contributed by atoms with van der Waals surface area (Å²) in [6.07, 6.45) is 0.961. The van der Waals surface area contributed by atoms with Crippen molar-refractivity contribution in [3.63, 3.8) is 0 Å². The highest BCUT2D eigenvalue weighted by Crippen LogP contribution is 2.23. The van der Waals surface area contributed by atoms with Crippen molar-refractivity contribution in [1.82, 2.24) is 14.8 Å². The van der Waals surface area contributed by atoms with Gasteiger partial charge in [-0.2, -0.15) is 0 Å². The number of amides is 1. The first-order valence-corrected chi connectivity index (χ1v) is 9.41. The van der Waals surface area contributed by atoms with E-state index in [2.05, 4.69) is 40.8 Å². The van der Waals surface area contributed by atoms with Crippen molar-refractivity contribution < 1.29 is 9.53 Å². The van der Waals surface area contributed by atoms with Crippen LogP contribution in [-0.2, 0) is 4.74 Å². The molecule has 0 bridgehead atoms. The van der Waals surface area contributed by atoms with Gasteiger partial charge in [0.05, 0.1) is 18.8 Å². The summed E-state index contributed by atoms with van der Waals surface area (Å²) in [4.78, 5) is 15.0. The summed E-state index contributed by atoms with van der Waals surface area (Å²) in [5.74, 6) is 0.0138. The van der Waals surface area contributed by atoms with Gasteiger partial charge in [0.2, 0.25) is 0 Å². The second-order valence-electron chi connectivity index (χ2n) is 6.97. The number of rotatable bonds is 6. The Kier molecular flexibility index (Phi) is 6.12. The maximum Gasteiger partial charge on any atom is 0.253 e. The Morgan fingerprint density at radius 1 is 1.15 bits per heavy atom. The fourth-order valence-electron chi connectivity index (χ4n) is 3.60. The molecule has 1 saturated heterocycles. The number of nitrogens with zero attached hydrogens (tertiary/aromatic N) is 2. The van der Waals surface area contributed by atoms with Crippen LogP contribution in [-0.4, -0.2) is 54.8 Å². The van der Waals surface area contributed by atoms with Gasteiger partial charge < -0.3 is 14.6 Å². The Bertz CT molecular complexity index is 761. The van der Waals surface area contributed by atoms with Crippen LogP contribution in [0.4, 0.5) is 0 Å². The summed E-state index contributed by atoms with van der Waals surface area (Å²) in [5, 5.41) is 3.08. The molecule has 1 aliphatic rings. The lowest BCUT2D eigenvalue weighted by molar-refractivity contribution is 0.0374. The number of hydrogen-bond donors (Lipinski definition) is 1. The first-order valence-electron chi connectivity index (χ1n) is 9.41. The molecular formula is C21H29N3O2. The largest absolute Gasteiger partial charge is 0.379 e. The van der Waals surface area contributed by atoms with Crippen LogP contribution in [0.2, 0.25) is 0 Å². The summed E-state index contributed by atoms with van der Waals surface area (Å²) < 4.78 is 7.52. The predicted molar refractivity (Wildman–Crippen MR) is 104 cm³/mol. The van der Waals surface area contributed by atoms with Gasteiger partial charge >= 0.3 is 0 Å². The van der Waals surface area contributed by atoms with Crippen LogP contribution in [0.5, 0.6) is 0 Å². The Morgan fingerprint density at radius 2 is 1.88 bits per heavy atom. The van der Waals surface area contributed by atoms with Gasteiger partial charge in [-0.15, -0.1) is 0 Å². The average Bonchev–Trinajstić information content (AvgIpc) is 2.94.